The highest BCUT2D eigenvalue weighted by Gasteiger charge is 2.37. The summed E-state index contributed by atoms with van der Waals surface area (Å²) in [6, 6.07) is 24.1. The maximum atomic E-state index is 14.5. The number of hydrogen-bond donors (Lipinski definition) is 1. The van der Waals surface area contributed by atoms with Gasteiger partial charge < -0.3 is 10.2 Å². The molecule has 0 aliphatic carbocycles. The van der Waals surface area contributed by atoms with Gasteiger partial charge >= 0.3 is 0 Å². The quantitative estimate of drug-likeness (QED) is 0.336. The Labute approximate surface area is 238 Å². The fraction of sp³-hybridized carbons (Fsp3) is 0.258. The second-order valence-electron chi connectivity index (χ2n) is 10.1. The van der Waals surface area contributed by atoms with Crippen LogP contribution in [0.15, 0.2) is 78.9 Å². The number of nitrogens with one attached hydrogen (secondary N) is 1. The van der Waals surface area contributed by atoms with Crippen molar-refractivity contribution >= 4 is 29.4 Å². The van der Waals surface area contributed by atoms with Crippen LogP contribution in [0, 0.1) is 12.7 Å². The maximum Gasteiger partial charge on any atom is 0.240 e. The second-order valence-corrected chi connectivity index (χ2v) is 11.2. The van der Waals surface area contributed by atoms with E-state index in [2.05, 4.69) is 5.32 Å². The highest BCUT2D eigenvalue weighted by molar-refractivity contribution is 8.00. The normalized spacial score (nSPS) is 15.2. The molecule has 2 amide bonds. The number of likely N-dealkylation sites (N-methyl/N-ethyl adjacent to an activating group) is 1. The number of amides is 2. The summed E-state index contributed by atoms with van der Waals surface area (Å²) < 4.78 is 16.2. The first kappa shape index (κ1) is 27.6. The predicted octanol–water partition coefficient (Wildman–Crippen LogP) is 4.83. The van der Waals surface area contributed by atoms with E-state index in [0.29, 0.717) is 24.6 Å². The van der Waals surface area contributed by atoms with Crippen molar-refractivity contribution in [2.24, 2.45) is 0 Å². The summed E-state index contributed by atoms with van der Waals surface area (Å²) in [6.45, 7) is 2.99. The summed E-state index contributed by atoms with van der Waals surface area (Å²) in [7, 11) is 3.87. The number of aromatic nitrogens is 2. The number of thioether (sulfide) groups is 1. The highest BCUT2D eigenvalue weighted by Crippen LogP contribution is 2.48. The van der Waals surface area contributed by atoms with Crippen molar-refractivity contribution in [1.82, 2.24) is 20.0 Å². The molecule has 0 fully saturated rings. The third kappa shape index (κ3) is 5.95. The number of aryl methyl sites for hydroxylation is 1. The van der Waals surface area contributed by atoms with Gasteiger partial charge in [0.05, 0.1) is 22.4 Å². The van der Waals surface area contributed by atoms with E-state index in [4.69, 9.17) is 5.10 Å². The smallest absolute Gasteiger partial charge is 0.240 e. The van der Waals surface area contributed by atoms with Crippen LogP contribution in [0.3, 0.4) is 0 Å². The molecule has 0 bridgehead atoms. The number of benzene rings is 3. The molecule has 1 aliphatic rings. The molecule has 40 heavy (non-hydrogen) atoms. The molecule has 1 atom stereocenters. The average molecular weight is 558 g/mol. The number of rotatable bonds is 8. The van der Waals surface area contributed by atoms with Crippen molar-refractivity contribution in [3.63, 3.8) is 0 Å². The van der Waals surface area contributed by atoms with Crippen molar-refractivity contribution in [1.29, 1.82) is 0 Å². The van der Waals surface area contributed by atoms with Gasteiger partial charge in [0.1, 0.15) is 18.2 Å². The Morgan fingerprint density at radius 2 is 1.85 bits per heavy atom. The van der Waals surface area contributed by atoms with E-state index >= 15 is 0 Å². The standard InChI is InChI=1S/C31H32FN5O2S/c1-21-9-7-14-25(17-21)37-31-28(29(34-37)22-10-5-4-6-11-22)30(23-12-8-13-24(32)18-23)40-20-27(39)36(31)19-26(38)33-15-16-35(2)3/h4-14,17-18,30H,15-16,19-20H2,1-3H3,(H,33,38). The predicted molar refractivity (Wildman–Crippen MR) is 158 cm³/mol. The summed E-state index contributed by atoms with van der Waals surface area (Å²) in [5.41, 5.74) is 4.87. The molecule has 7 nitrogen and oxygen atoms in total. The Morgan fingerprint density at radius 3 is 2.58 bits per heavy atom. The molecule has 0 radical (unpaired) electrons. The molecule has 1 aliphatic heterocycles. The number of halogens is 1. The first-order chi connectivity index (χ1) is 19.3. The minimum atomic E-state index is -0.384. The molecule has 3 aromatic carbocycles. The van der Waals surface area contributed by atoms with E-state index in [1.165, 1.54) is 28.8 Å². The Hall–Kier alpha value is -3.95. The number of nitrogens with zero attached hydrogens (tertiary/aromatic N) is 4. The summed E-state index contributed by atoms with van der Waals surface area (Å²) >= 11 is 1.42. The Balaban J connectivity index is 1.73. The average Bonchev–Trinajstić information content (AvgIpc) is 3.26. The molecular formula is C31H32FN5O2S. The lowest BCUT2D eigenvalue weighted by Gasteiger charge is -2.23. The molecule has 2 heterocycles. The lowest BCUT2D eigenvalue weighted by atomic mass is 9.99. The lowest BCUT2D eigenvalue weighted by molar-refractivity contribution is -0.122. The van der Waals surface area contributed by atoms with Gasteiger partial charge in [0.25, 0.3) is 0 Å². The molecular weight excluding hydrogens is 525 g/mol. The van der Waals surface area contributed by atoms with Crippen LogP contribution in [0.1, 0.15) is 21.9 Å². The highest BCUT2D eigenvalue weighted by atomic mass is 32.2. The van der Waals surface area contributed by atoms with Gasteiger partial charge in [-0.05, 0) is 56.4 Å². The molecule has 0 saturated carbocycles. The number of carbonyl (C=O) groups excluding carboxylic acids is 2. The van der Waals surface area contributed by atoms with E-state index in [9.17, 15) is 14.0 Å². The van der Waals surface area contributed by atoms with Crippen molar-refractivity contribution in [3.8, 4) is 16.9 Å². The molecule has 0 saturated heterocycles. The molecule has 206 valence electrons. The van der Waals surface area contributed by atoms with Gasteiger partial charge in [0.2, 0.25) is 11.8 Å². The van der Waals surface area contributed by atoms with Gasteiger partial charge in [0.15, 0.2) is 0 Å². The van der Waals surface area contributed by atoms with E-state index in [1.54, 1.807) is 10.7 Å². The SMILES string of the molecule is Cc1cccc(-n2nc(-c3ccccc3)c3c2N(CC(=O)NCCN(C)C)C(=O)CSC3c2cccc(F)c2)c1. The van der Waals surface area contributed by atoms with Crippen molar-refractivity contribution in [3.05, 3.63) is 101 Å². The summed E-state index contributed by atoms with van der Waals surface area (Å²) in [4.78, 5) is 30.4. The number of anilines is 1. The third-order valence-electron chi connectivity index (χ3n) is 6.72. The van der Waals surface area contributed by atoms with Crippen LogP contribution in [0.2, 0.25) is 0 Å². The van der Waals surface area contributed by atoms with E-state index in [0.717, 1.165) is 27.9 Å². The molecule has 5 rings (SSSR count). The zero-order chi connectivity index (χ0) is 28.2. The lowest BCUT2D eigenvalue weighted by Crippen LogP contribution is -2.43. The number of fused-ring (bicyclic) bond motifs is 1. The van der Waals surface area contributed by atoms with Crippen LogP contribution >= 0.6 is 11.8 Å². The molecule has 0 spiro atoms. The second kappa shape index (κ2) is 12.1. The minimum Gasteiger partial charge on any atom is -0.353 e. The monoisotopic (exact) mass is 557 g/mol. The molecule has 1 N–H and O–H groups in total. The van der Waals surface area contributed by atoms with Crippen molar-refractivity contribution in [2.45, 2.75) is 12.2 Å². The van der Waals surface area contributed by atoms with Crippen LogP contribution in [0.4, 0.5) is 10.2 Å². The van der Waals surface area contributed by atoms with Crippen LogP contribution in [0.25, 0.3) is 16.9 Å². The Morgan fingerprint density at radius 1 is 1.07 bits per heavy atom. The third-order valence-corrected chi connectivity index (χ3v) is 7.97. The molecule has 4 aromatic rings. The van der Waals surface area contributed by atoms with Gasteiger partial charge in [-0.1, -0.05) is 54.6 Å². The first-order valence-electron chi connectivity index (χ1n) is 13.2. The van der Waals surface area contributed by atoms with Gasteiger partial charge in [-0.2, -0.15) is 5.10 Å². The fourth-order valence-electron chi connectivity index (χ4n) is 4.82. The van der Waals surface area contributed by atoms with Crippen LogP contribution in [-0.2, 0) is 9.59 Å². The van der Waals surface area contributed by atoms with Gasteiger partial charge in [-0.3, -0.25) is 14.5 Å². The molecule has 9 heteroatoms. The summed E-state index contributed by atoms with van der Waals surface area (Å²) in [6.07, 6.45) is 0. The van der Waals surface area contributed by atoms with Gasteiger partial charge in [-0.15, -0.1) is 11.8 Å². The summed E-state index contributed by atoms with van der Waals surface area (Å²) in [5, 5.41) is 7.61. The van der Waals surface area contributed by atoms with Gasteiger partial charge in [0, 0.05) is 24.2 Å². The van der Waals surface area contributed by atoms with Crippen LogP contribution < -0.4 is 10.2 Å². The fourth-order valence-corrected chi connectivity index (χ4v) is 6.01. The minimum absolute atomic E-state index is 0.128. The first-order valence-corrected chi connectivity index (χ1v) is 14.2. The Bertz CT molecular complexity index is 1520. The van der Waals surface area contributed by atoms with Crippen molar-refractivity contribution < 1.29 is 14.0 Å². The maximum absolute atomic E-state index is 14.5. The molecule has 1 aromatic heterocycles. The number of hydrogen-bond acceptors (Lipinski definition) is 5. The largest absolute Gasteiger partial charge is 0.353 e. The van der Waals surface area contributed by atoms with E-state index in [1.807, 2.05) is 86.6 Å². The summed E-state index contributed by atoms with van der Waals surface area (Å²) in [5.74, 6) is -0.158. The van der Waals surface area contributed by atoms with E-state index in [-0.39, 0.29) is 35.2 Å². The van der Waals surface area contributed by atoms with Crippen LogP contribution in [-0.4, -0.2) is 66.0 Å². The van der Waals surface area contributed by atoms with E-state index < -0.39 is 0 Å². The Kier molecular flexibility index (Phi) is 8.32. The topological polar surface area (TPSA) is 70.5 Å². The van der Waals surface area contributed by atoms with Crippen LogP contribution in [0.5, 0.6) is 0 Å². The molecule has 1 unspecified atom stereocenters. The zero-order valence-corrected chi connectivity index (χ0v) is 23.6. The van der Waals surface area contributed by atoms with Crippen molar-refractivity contribution in [2.75, 3.05) is 44.4 Å². The zero-order valence-electron chi connectivity index (χ0n) is 22.8. The van der Waals surface area contributed by atoms with Gasteiger partial charge in [-0.25, -0.2) is 9.07 Å². The number of carbonyl (C=O) groups is 2.